The summed E-state index contributed by atoms with van der Waals surface area (Å²) in [6, 6.07) is 19.4. The van der Waals surface area contributed by atoms with Gasteiger partial charge in [-0.2, -0.15) is 0 Å². The maximum absolute atomic E-state index is 13.1. The number of nitro benzene ring substituents is 1. The lowest BCUT2D eigenvalue weighted by Crippen LogP contribution is -2.37. The summed E-state index contributed by atoms with van der Waals surface area (Å²) in [5.41, 5.74) is 1.47. The van der Waals surface area contributed by atoms with Gasteiger partial charge < -0.3 is 0 Å². The molecule has 0 spiro atoms. The fourth-order valence-corrected chi connectivity index (χ4v) is 5.43. The molecule has 3 rings (SSSR count). The lowest BCUT2D eigenvalue weighted by molar-refractivity contribution is -0.384. The second kappa shape index (κ2) is 9.67. The van der Waals surface area contributed by atoms with E-state index in [2.05, 4.69) is 4.72 Å². The van der Waals surface area contributed by atoms with Gasteiger partial charge in [0.2, 0.25) is 10.0 Å². The Bertz CT molecular complexity index is 1200. The van der Waals surface area contributed by atoms with E-state index < -0.39 is 24.9 Å². The van der Waals surface area contributed by atoms with Gasteiger partial charge in [0.25, 0.3) is 5.69 Å². The van der Waals surface area contributed by atoms with Crippen molar-refractivity contribution < 1.29 is 18.1 Å². The largest absolute Gasteiger partial charge is 0.293 e. The van der Waals surface area contributed by atoms with Gasteiger partial charge in [0.15, 0.2) is 5.78 Å². The Hall–Kier alpha value is -2.63. The third kappa shape index (κ3) is 5.54. The molecule has 7 nitrogen and oxygen atoms in total. The summed E-state index contributed by atoms with van der Waals surface area (Å²) in [6.45, 7) is 1.84. The number of carbonyl (C=O) groups is 1. The molecular weight excluding hydrogens is 531 g/mol. The topological polar surface area (TPSA) is 106 Å². The molecule has 0 saturated carbocycles. The van der Waals surface area contributed by atoms with Gasteiger partial charge in [-0.3, -0.25) is 14.9 Å². The zero-order valence-corrected chi connectivity index (χ0v) is 19.4. The average molecular weight is 550 g/mol. The molecule has 9 heteroatoms. The van der Waals surface area contributed by atoms with Crippen LogP contribution in [0.2, 0.25) is 0 Å². The lowest BCUT2D eigenvalue weighted by Gasteiger charge is -2.23. The van der Waals surface area contributed by atoms with Gasteiger partial charge in [-0.25, -0.2) is 13.1 Å². The highest BCUT2D eigenvalue weighted by molar-refractivity contribution is 14.1. The van der Waals surface area contributed by atoms with Crippen LogP contribution in [0.25, 0.3) is 0 Å². The van der Waals surface area contributed by atoms with Crippen LogP contribution in [0, 0.1) is 17.0 Å². The first-order valence-corrected chi connectivity index (χ1v) is 12.0. The summed E-state index contributed by atoms with van der Waals surface area (Å²) in [5, 5.41) is 11.2. The van der Waals surface area contributed by atoms with E-state index in [9.17, 15) is 23.3 Å². The molecule has 31 heavy (non-hydrogen) atoms. The number of Topliss-reactive ketones (excluding diaryl/α,β-unsaturated/α-hetero) is 1. The van der Waals surface area contributed by atoms with Gasteiger partial charge in [0.05, 0.1) is 19.8 Å². The summed E-state index contributed by atoms with van der Waals surface area (Å²) < 4.78 is 27.8. The van der Waals surface area contributed by atoms with E-state index in [-0.39, 0.29) is 16.4 Å². The Balaban J connectivity index is 2.03. The van der Waals surface area contributed by atoms with Crippen molar-refractivity contribution in [3.8, 4) is 0 Å². The standard InChI is InChI=1S/C22H19IN2O5S/c1-15-10-12-19(13-11-15)31(29,30)24-21(17-8-5-9-18(14-17)25(27)28)20(23)22(26)16-6-3-2-4-7-16/h2-14,20-21,24H,1H3/t20-,21-/m1/s1. The molecule has 0 aliphatic heterocycles. The number of hydrogen-bond donors (Lipinski definition) is 1. The fourth-order valence-electron chi connectivity index (χ4n) is 2.99. The highest BCUT2D eigenvalue weighted by Crippen LogP contribution is 2.30. The SMILES string of the molecule is Cc1ccc(S(=O)(=O)N[C@H](c2cccc([N+](=O)[O-])c2)[C@@H](I)C(=O)c2ccccc2)cc1. The summed E-state index contributed by atoms with van der Waals surface area (Å²) in [7, 11) is -4.00. The molecule has 2 atom stereocenters. The van der Waals surface area contributed by atoms with Crippen LogP contribution in [0.1, 0.15) is 27.5 Å². The van der Waals surface area contributed by atoms with Gasteiger partial charge in [-0.15, -0.1) is 0 Å². The first kappa shape index (κ1) is 23.0. The van der Waals surface area contributed by atoms with Gasteiger partial charge in [0, 0.05) is 17.7 Å². The number of nitro groups is 1. The number of rotatable bonds is 8. The minimum absolute atomic E-state index is 0.0456. The van der Waals surface area contributed by atoms with Gasteiger partial charge in [-0.05, 0) is 24.6 Å². The number of alkyl halides is 1. The highest BCUT2D eigenvalue weighted by Gasteiger charge is 2.32. The van der Waals surface area contributed by atoms with E-state index in [1.807, 2.05) is 29.5 Å². The van der Waals surface area contributed by atoms with Crippen LogP contribution in [-0.4, -0.2) is 23.0 Å². The van der Waals surface area contributed by atoms with E-state index in [4.69, 9.17) is 0 Å². The smallest absolute Gasteiger partial charge is 0.269 e. The van der Waals surface area contributed by atoms with Gasteiger partial charge in [0.1, 0.15) is 0 Å². The van der Waals surface area contributed by atoms with Crippen LogP contribution in [0.3, 0.4) is 0 Å². The number of aryl methyl sites for hydroxylation is 1. The quantitative estimate of drug-likeness (QED) is 0.145. The van der Waals surface area contributed by atoms with Crippen molar-refractivity contribution in [3.63, 3.8) is 0 Å². The van der Waals surface area contributed by atoms with Crippen molar-refractivity contribution in [3.05, 3.63) is 106 Å². The van der Waals surface area contributed by atoms with Crippen molar-refractivity contribution in [2.75, 3.05) is 0 Å². The van der Waals surface area contributed by atoms with Gasteiger partial charge >= 0.3 is 0 Å². The van der Waals surface area contributed by atoms with Crippen molar-refractivity contribution in [2.45, 2.75) is 21.8 Å². The average Bonchev–Trinajstić information content (AvgIpc) is 2.77. The second-order valence-electron chi connectivity index (χ2n) is 6.90. The number of carbonyl (C=O) groups excluding carboxylic acids is 1. The highest BCUT2D eigenvalue weighted by atomic mass is 127. The second-order valence-corrected chi connectivity index (χ2v) is 9.95. The number of non-ortho nitro benzene ring substituents is 1. The third-order valence-corrected chi connectivity index (χ3v) is 7.40. The maximum Gasteiger partial charge on any atom is 0.269 e. The predicted octanol–water partition coefficient (Wildman–Crippen LogP) is 4.61. The molecule has 3 aromatic carbocycles. The first-order chi connectivity index (χ1) is 14.7. The van der Waals surface area contributed by atoms with Crippen molar-refractivity contribution in [1.29, 1.82) is 0 Å². The zero-order chi connectivity index (χ0) is 22.6. The van der Waals surface area contributed by atoms with E-state index in [1.165, 1.54) is 30.3 Å². The zero-order valence-electron chi connectivity index (χ0n) is 16.4. The molecule has 0 aliphatic rings. The normalized spacial score (nSPS) is 13.4. The first-order valence-electron chi connectivity index (χ1n) is 9.26. The Kier molecular flexibility index (Phi) is 7.19. The number of nitrogens with one attached hydrogen (secondary N) is 1. The Labute approximate surface area is 193 Å². The molecule has 1 N–H and O–H groups in total. The minimum atomic E-state index is -4.00. The molecule has 0 aromatic heterocycles. The molecule has 0 saturated heterocycles. The summed E-state index contributed by atoms with van der Waals surface area (Å²) in [4.78, 5) is 23.8. The molecule has 0 amide bonds. The Morgan fingerprint density at radius 3 is 2.26 bits per heavy atom. The van der Waals surface area contributed by atoms with E-state index in [1.54, 1.807) is 48.5 Å². The molecule has 0 fully saturated rings. The molecule has 3 aromatic rings. The Morgan fingerprint density at radius 2 is 1.65 bits per heavy atom. The molecule has 0 unspecified atom stereocenters. The third-order valence-electron chi connectivity index (χ3n) is 4.65. The molecule has 0 heterocycles. The van der Waals surface area contributed by atoms with E-state index in [0.717, 1.165) is 5.56 Å². The van der Waals surface area contributed by atoms with Crippen LogP contribution >= 0.6 is 22.6 Å². The summed E-state index contributed by atoms with van der Waals surface area (Å²) in [6.07, 6.45) is 0. The number of ketones is 1. The Morgan fingerprint density at radius 1 is 1.00 bits per heavy atom. The van der Waals surface area contributed by atoms with E-state index in [0.29, 0.717) is 11.1 Å². The monoisotopic (exact) mass is 550 g/mol. The predicted molar refractivity (Wildman–Crippen MR) is 126 cm³/mol. The summed E-state index contributed by atoms with van der Waals surface area (Å²) >= 11 is 1.88. The van der Waals surface area contributed by atoms with Crippen molar-refractivity contribution in [1.82, 2.24) is 4.72 Å². The number of halogens is 1. The molecule has 0 bridgehead atoms. The number of nitrogens with zero attached hydrogens (tertiary/aromatic N) is 1. The van der Waals surface area contributed by atoms with Crippen LogP contribution < -0.4 is 4.72 Å². The minimum Gasteiger partial charge on any atom is -0.293 e. The summed E-state index contributed by atoms with van der Waals surface area (Å²) in [5.74, 6) is -0.288. The van der Waals surface area contributed by atoms with Gasteiger partial charge in [-0.1, -0.05) is 82.8 Å². The van der Waals surface area contributed by atoms with Crippen LogP contribution in [-0.2, 0) is 10.0 Å². The molecule has 160 valence electrons. The molecule has 0 aliphatic carbocycles. The molecule has 0 radical (unpaired) electrons. The van der Waals surface area contributed by atoms with Crippen molar-refractivity contribution in [2.24, 2.45) is 0 Å². The van der Waals surface area contributed by atoms with Crippen LogP contribution in [0.15, 0.2) is 83.8 Å². The number of benzene rings is 3. The van der Waals surface area contributed by atoms with Crippen LogP contribution in [0.4, 0.5) is 5.69 Å². The number of hydrogen-bond acceptors (Lipinski definition) is 5. The molecular formula is C22H19IN2O5S. The van der Waals surface area contributed by atoms with Crippen molar-refractivity contribution >= 4 is 44.1 Å². The lowest BCUT2D eigenvalue weighted by atomic mass is 9.98. The van der Waals surface area contributed by atoms with Crippen LogP contribution in [0.5, 0.6) is 0 Å². The number of sulfonamides is 1. The maximum atomic E-state index is 13.1. The van der Waals surface area contributed by atoms with E-state index >= 15 is 0 Å². The fraction of sp³-hybridized carbons (Fsp3) is 0.136.